The molecule has 1 heterocycles. The zero-order valence-corrected chi connectivity index (χ0v) is 16.3. The first kappa shape index (κ1) is 18.3. The Labute approximate surface area is 170 Å². The zero-order valence-electron chi connectivity index (χ0n) is 14.8. The second kappa shape index (κ2) is 7.19. The first-order valence-corrected chi connectivity index (χ1v) is 9.20. The summed E-state index contributed by atoms with van der Waals surface area (Å²) < 4.78 is 2.14. The predicted octanol–water partition coefficient (Wildman–Crippen LogP) is 5.11. The number of hydrogen-bond donors (Lipinski definition) is 2. The fourth-order valence-electron chi connectivity index (χ4n) is 3.19. The van der Waals surface area contributed by atoms with Gasteiger partial charge < -0.3 is 9.67 Å². The Bertz CT molecular complexity index is 1240. The Morgan fingerprint density at radius 2 is 1.71 bits per heavy atom. The number of aromatic nitrogens is 1. The van der Waals surface area contributed by atoms with Crippen LogP contribution in [0.4, 0.5) is 0 Å². The van der Waals surface area contributed by atoms with Gasteiger partial charge in [0.2, 0.25) is 0 Å². The summed E-state index contributed by atoms with van der Waals surface area (Å²) in [6, 6.07) is 16.8. The van der Waals surface area contributed by atoms with Crippen molar-refractivity contribution in [3.63, 3.8) is 0 Å². The van der Waals surface area contributed by atoms with Crippen LogP contribution in [0.3, 0.4) is 0 Å². The van der Waals surface area contributed by atoms with Crippen molar-refractivity contribution in [2.24, 2.45) is 12.1 Å². The Morgan fingerprint density at radius 1 is 1.04 bits per heavy atom. The van der Waals surface area contributed by atoms with Crippen LogP contribution in [0.15, 0.2) is 59.7 Å². The number of carbonyl (C=O) groups is 1. The van der Waals surface area contributed by atoms with Crippen LogP contribution in [0.5, 0.6) is 5.75 Å². The molecule has 0 saturated heterocycles. The zero-order chi connectivity index (χ0) is 19.8. The summed E-state index contributed by atoms with van der Waals surface area (Å²) >= 11 is 11.7. The third-order valence-corrected chi connectivity index (χ3v) is 5.17. The normalized spacial score (nSPS) is 11.5. The van der Waals surface area contributed by atoms with E-state index in [1.165, 1.54) is 12.1 Å². The number of rotatable bonds is 3. The van der Waals surface area contributed by atoms with E-state index in [1.54, 1.807) is 6.21 Å². The van der Waals surface area contributed by atoms with Crippen LogP contribution in [0.25, 0.3) is 21.8 Å². The van der Waals surface area contributed by atoms with Crippen molar-refractivity contribution < 1.29 is 9.90 Å². The summed E-state index contributed by atoms with van der Waals surface area (Å²) in [6.07, 6.45) is 1.57. The summed E-state index contributed by atoms with van der Waals surface area (Å²) in [5.74, 6) is -0.738. The minimum Gasteiger partial charge on any atom is -0.505 e. The fraction of sp³-hybridized carbons (Fsp3) is 0.0476. The SMILES string of the molecule is Cn1c2ccccc2c2cc(/C=N\NC(=O)c3cc(Cl)c(O)c(Cl)c3)ccc21. The summed E-state index contributed by atoms with van der Waals surface area (Å²) in [4.78, 5) is 12.2. The average Bonchev–Trinajstić information content (AvgIpc) is 2.98. The molecule has 0 bridgehead atoms. The average molecular weight is 412 g/mol. The molecule has 5 nitrogen and oxygen atoms in total. The number of nitrogens with one attached hydrogen (secondary N) is 1. The van der Waals surface area contributed by atoms with E-state index >= 15 is 0 Å². The van der Waals surface area contributed by atoms with Crippen LogP contribution in [-0.4, -0.2) is 21.8 Å². The molecule has 0 spiro atoms. The van der Waals surface area contributed by atoms with Gasteiger partial charge in [-0.3, -0.25) is 4.79 Å². The number of benzene rings is 3. The molecular weight excluding hydrogens is 397 g/mol. The molecule has 28 heavy (non-hydrogen) atoms. The van der Waals surface area contributed by atoms with Crippen LogP contribution < -0.4 is 5.43 Å². The molecule has 0 radical (unpaired) electrons. The Balaban J connectivity index is 1.59. The van der Waals surface area contributed by atoms with Crippen LogP contribution in [0, 0.1) is 0 Å². The highest BCUT2D eigenvalue weighted by Crippen LogP contribution is 2.32. The molecule has 2 N–H and O–H groups in total. The molecule has 4 rings (SSSR count). The Kier molecular flexibility index (Phi) is 4.71. The highest BCUT2D eigenvalue weighted by molar-refractivity contribution is 6.37. The topological polar surface area (TPSA) is 66.6 Å². The summed E-state index contributed by atoms with van der Waals surface area (Å²) in [5.41, 5.74) is 5.77. The standard InChI is InChI=1S/C21H15Cl2N3O2/c1-26-18-5-3-2-4-14(18)15-8-12(6-7-19(15)26)11-24-25-21(28)13-9-16(22)20(27)17(23)10-13/h2-11,27H,1H3,(H,25,28)/b24-11-. The number of phenols is 1. The van der Waals surface area contributed by atoms with E-state index in [4.69, 9.17) is 23.2 Å². The van der Waals surface area contributed by atoms with Crippen molar-refractivity contribution in [3.05, 3.63) is 75.8 Å². The van der Waals surface area contributed by atoms with Crippen molar-refractivity contribution in [3.8, 4) is 5.75 Å². The molecule has 1 amide bonds. The van der Waals surface area contributed by atoms with E-state index in [-0.39, 0.29) is 21.4 Å². The lowest BCUT2D eigenvalue weighted by molar-refractivity contribution is 0.0955. The van der Waals surface area contributed by atoms with Crippen molar-refractivity contribution in [1.29, 1.82) is 0 Å². The van der Waals surface area contributed by atoms with E-state index in [1.807, 2.05) is 37.4 Å². The molecule has 140 valence electrons. The quantitative estimate of drug-likeness (QED) is 0.363. The number of nitrogens with zero attached hydrogens (tertiary/aromatic N) is 2. The van der Waals surface area contributed by atoms with Gasteiger partial charge in [-0.25, -0.2) is 5.43 Å². The smallest absolute Gasteiger partial charge is 0.271 e. The summed E-state index contributed by atoms with van der Waals surface area (Å²) in [5, 5.41) is 15.9. The molecule has 0 aliphatic carbocycles. The molecule has 0 atom stereocenters. The lowest BCUT2D eigenvalue weighted by atomic mass is 10.1. The van der Waals surface area contributed by atoms with E-state index in [9.17, 15) is 9.90 Å². The van der Waals surface area contributed by atoms with Gasteiger partial charge in [0.05, 0.1) is 16.3 Å². The first-order valence-electron chi connectivity index (χ1n) is 8.44. The number of halogens is 2. The van der Waals surface area contributed by atoms with Crippen molar-refractivity contribution in [2.75, 3.05) is 0 Å². The number of fused-ring (bicyclic) bond motifs is 3. The van der Waals surface area contributed by atoms with Crippen molar-refractivity contribution in [2.45, 2.75) is 0 Å². The lowest BCUT2D eigenvalue weighted by Crippen LogP contribution is -2.17. The van der Waals surface area contributed by atoms with E-state index in [2.05, 4.69) is 27.2 Å². The van der Waals surface area contributed by atoms with E-state index < -0.39 is 5.91 Å². The highest BCUT2D eigenvalue weighted by atomic mass is 35.5. The van der Waals surface area contributed by atoms with Crippen LogP contribution >= 0.6 is 23.2 Å². The molecule has 7 heteroatoms. The van der Waals surface area contributed by atoms with Gasteiger partial charge >= 0.3 is 0 Å². The number of hydrazone groups is 1. The largest absolute Gasteiger partial charge is 0.505 e. The molecule has 0 aliphatic heterocycles. The van der Waals surface area contributed by atoms with Gasteiger partial charge in [0.1, 0.15) is 0 Å². The van der Waals surface area contributed by atoms with Gasteiger partial charge in [-0.2, -0.15) is 5.10 Å². The molecule has 0 unspecified atom stereocenters. The highest BCUT2D eigenvalue weighted by Gasteiger charge is 2.12. The van der Waals surface area contributed by atoms with E-state index in [0.29, 0.717) is 0 Å². The maximum atomic E-state index is 12.2. The van der Waals surface area contributed by atoms with Crippen molar-refractivity contribution >= 4 is 57.1 Å². The number of aryl methyl sites for hydroxylation is 1. The summed E-state index contributed by atoms with van der Waals surface area (Å²) in [6.45, 7) is 0. The minimum absolute atomic E-state index is 0.00281. The predicted molar refractivity (Wildman–Crippen MR) is 114 cm³/mol. The van der Waals surface area contributed by atoms with Gasteiger partial charge in [-0.15, -0.1) is 0 Å². The molecule has 4 aromatic rings. The number of aromatic hydroxyl groups is 1. The second-order valence-electron chi connectivity index (χ2n) is 6.34. The number of para-hydroxylation sites is 1. The van der Waals surface area contributed by atoms with Crippen LogP contribution in [-0.2, 0) is 7.05 Å². The maximum Gasteiger partial charge on any atom is 0.271 e. The van der Waals surface area contributed by atoms with Gasteiger partial charge in [0.15, 0.2) is 5.75 Å². The first-order chi connectivity index (χ1) is 13.5. The molecule has 0 aliphatic rings. The van der Waals surface area contributed by atoms with Crippen LogP contribution in [0.1, 0.15) is 15.9 Å². The maximum absolute atomic E-state index is 12.2. The molecule has 3 aromatic carbocycles. The lowest BCUT2D eigenvalue weighted by Gasteiger charge is -2.04. The number of hydrogen-bond acceptors (Lipinski definition) is 3. The number of amides is 1. The van der Waals surface area contributed by atoms with Crippen molar-refractivity contribution in [1.82, 2.24) is 9.99 Å². The molecule has 0 saturated carbocycles. The number of phenolic OH excluding ortho intramolecular Hbond substituents is 1. The second-order valence-corrected chi connectivity index (χ2v) is 7.15. The molecular formula is C21H15Cl2N3O2. The Hall–Kier alpha value is -3.02. The van der Waals surface area contributed by atoms with Gasteiger partial charge in [0, 0.05) is 34.4 Å². The van der Waals surface area contributed by atoms with Gasteiger partial charge in [-0.05, 0) is 35.9 Å². The minimum atomic E-state index is -0.480. The Morgan fingerprint density at radius 3 is 2.46 bits per heavy atom. The fourth-order valence-corrected chi connectivity index (χ4v) is 3.68. The third-order valence-electron chi connectivity index (χ3n) is 4.60. The molecule has 0 fully saturated rings. The third kappa shape index (κ3) is 3.19. The number of carbonyl (C=O) groups excluding carboxylic acids is 1. The van der Waals surface area contributed by atoms with Gasteiger partial charge in [-0.1, -0.05) is 47.5 Å². The van der Waals surface area contributed by atoms with Gasteiger partial charge in [0.25, 0.3) is 5.91 Å². The monoisotopic (exact) mass is 411 g/mol. The van der Waals surface area contributed by atoms with E-state index in [0.717, 1.165) is 27.4 Å². The summed E-state index contributed by atoms with van der Waals surface area (Å²) in [7, 11) is 2.03. The van der Waals surface area contributed by atoms with Crippen LogP contribution in [0.2, 0.25) is 10.0 Å². The molecule has 1 aromatic heterocycles.